The Morgan fingerprint density at radius 1 is 0.760 bits per heavy atom. The SMILES string of the molecule is Cl.Fc1ccccc1COc1cccc(CNCc2ccccc2)c1. The highest BCUT2D eigenvalue weighted by Gasteiger charge is 2.02. The van der Waals surface area contributed by atoms with Crippen LogP contribution in [-0.4, -0.2) is 0 Å². The average Bonchev–Trinajstić information content (AvgIpc) is 2.62. The third-order valence-electron chi connectivity index (χ3n) is 3.75. The number of benzene rings is 3. The van der Waals surface area contributed by atoms with Crippen molar-refractivity contribution in [3.8, 4) is 5.75 Å². The van der Waals surface area contributed by atoms with E-state index in [2.05, 4.69) is 17.4 Å². The van der Waals surface area contributed by atoms with Gasteiger partial charge < -0.3 is 10.1 Å². The Hall–Kier alpha value is -2.36. The van der Waals surface area contributed by atoms with Gasteiger partial charge in [-0.15, -0.1) is 12.4 Å². The first-order valence-corrected chi connectivity index (χ1v) is 8.01. The quantitative estimate of drug-likeness (QED) is 0.634. The third kappa shape index (κ3) is 5.89. The van der Waals surface area contributed by atoms with Crippen LogP contribution in [0, 0.1) is 5.82 Å². The Balaban J connectivity index is 0.00000225. The van der Waals surface area contributed by atoms with E-state index in [1.54, 1.807) is 12.1 Å². The molecular weight excluding hydrogens is 337 g/mol. The summed E-state index contributed by atoms with van der Waals surface area (Å²) in [7, 11) is 0. The molecule has 130 valence electrons. The maximum atomic E-state index is 13.6. The van der Waals surface area contributed by atoms with Crippen molar-refractivity contribution in [3.05, 3.63) is 101 Å². The van der Waals surface area contributed by atoms with Crippen molar-refractivity contribution >= 4 is 12.4 Å². The van der Waals surface area contributed by atoms with Crippen molar-refractivity contribution in [3.63, 3.8) is 0 Å². The minimum absolute atomic E-state index is 0. The van der Waals surface area contributed by atoms with Gasteiger partial charge in [-0.25, -0.2) is 4.39 Å². The number of hydrogen-bond acceptors (Lipinski definition) is 2. The average molecular weight is 358 g/mol. The molecule has 0 amide bonds. The molecule has 2 nitrogen and oxygen atoms in total. The topological polar surface area (TPSA) is 21.3 Å². The first kappa shape index (κ1) is 19.0. The molecule has 0 fully saturated rings. The van der Waals surface area contributed by atoms with E-state index >= 15 is 0 Å². The van der Waals surface area contributed by atoms with Gasteiger partial charge >= 0.3 is 0 Å². The van der Waals surface area contributed by atoms with Gasteiger partial charge in [0.15, 0.2) is 0 Å². The summed E-state index contributed by atoms with van der Waals surface area (Å²) in [5, 5.41) is 3.41. The fourth-order valence-electron chi connectivity index (χ4n) is 2.47. The summed E-state index contributed by atoms with van der Waals surface area (Å²) in [4.78, 5) is 0. The van der Waals surface area contributed by atoms with Crippen LogP contribution in [0.2, 0.25) is 0 Å². The molecule has 0 saturated carbocycles. The van der Waals surface area contributed by atoms with Crippen molar-refractivity contribution in [1.82, 2.24) is 5.32 Å². The predicted molar refractivity (Wildman–Crippen MR) is 101 cm³/mol. The molecule has 0 spiro atoms. The van der Waals surface area contributed by atoms with Crippen molar-refractivity contribution in [1.29, 1.82) is 0 Å². The predicted octanol–water partition coefficient (Wildman–Crippen LogP) is 5.12. The van der Waals surface area contributed by atoms with E-state index in [0.717, 1.165) is 24.4 Å². The van der Waals surface area contributed by atoms with Crippen LogP contribution in [0.4, 0.5) is 4.39 Å². The lowest BCUT2D eigenvalue weighted by Gasteiger charge is -2.10. The van der Waals surface area contributed by atoms with Gasteiger partial charge in [0.25, 0.3) is 0 Å². The monoisotopic (exact) mass is 357 g/mol. The summed E-state index contributed by atoms with van der Waals surface area (Å²) < 4.78 is 19.3. The van der Waals surface area contributed by atoms with Crippen molar-refractivity contribution in [2.45, 2.75) is 19.7 Å². The highest BCUT2D eigenvalue weighted by atomic mass is 35.5. The zero-order valence-electron chi connectivity index (χ0n) is 13.8. The molecule has 0 atom stereocenters. The lowest BCUT2D eigenvalue weighted by Crippen LogP contribution is -2.12. The minimum atomic E-state index is -0.238. The van der Waals surface area contributed by atoms with Crippen LogP contribution in [0.5, 0.6) is 5.75 Å². The molecule has 3 aromatic carbocycles. The largest absolute Gasteiger partial charge is 0.489 e. The zero-order valence-corrected chi connectivity index (χ0v) is 14.6. The van der Waals surface area contributed by atoms with Gasteiger partial charge in [-0.1, -0.05) is 60.7 Å². The van der Waals surface area contributed by atoms with Crippen molar-refractivity contribution < 1.29 is 9.13 Å². The molecule has 0 saturated heterocycles. The lowest BCUT2D eigenvalue weighted by molar-refractivity contribution is 0.299. The minimum Gasteiger partial charge on any atom is -0.489 e. The summed E-state index contributed by atoms with van der Waals surface area (Å²) in [5.41, 5.74) is 2.95. The Labute approximate surface area is 154 Å². The molecule has 1 N–H and O–H groups in total. The molecule has 4 heteroatoms. The molecule has 3 aromatic rings. The maximum absolute atomic E-state index is 13.6. The molecule has 0 aliphatic heterocycles. The number of hydrogen-bond donors (Lipinski definition) is 1. The summed E-state index contributed by atoms with van der Waals surface area (Å²) in [6.45, 7) is 1.81. The fourth-order valence-corrected chi connectivity index (χ4v) is 2.47. The van der Waals surface area contributed by atoms with E-state index in [0.29, 0.717) is 5.56 Å². The van der Waals surface area contributed by atoms with Crippen LogP contribution in [0.1, 0.15) is 16.7 Å². The van der Waals surface area contributed by atoms with Gasteiger partial charge in [0, 0.05) is 18.7 Å². The molecule has 0 aromatic heterocycles. The van der Waals surface area contributed by atoms with Crippen LogP contribution in [0.25, 0.3) is 0 Å². The normalized spacial score (nSPS) is 10.1. The van der Waals surface area contributed by atoms with Gasteiger partial charge in [0.2, 0.25) is 0 Å². The Morgan fingerprint density at radius 3 is 2.24 bits per heavy atom. The highest BCUT2D eigenvalue weighted by molar-refractivity contribution is 5.85. The Kier molecular flexibility index (Phi) is 7.45. The molecule has 0 heterocycles. The summed E-state index contributed by atoms with van der Waals surface area (Å²) >= 11 is 0. The Morgan fingerprint density at radius 2 is 1.44 bits per heavy atom. The molecule has 0 radical (unpaired) electrons. The molecule has 0 unspecified atom stereocenters. The van der Waals surface area contributed by atoms with Crippen LogP contribution < -0.4 is 10.1 Å². The van der Waals surface area contributed by atoms with Crippen molar-refractivity contribution in [2.75, 3.05) is 0 Å². The molecular formula is C21H21ClFNO. The first-order valence-electron chi connectivity index (χ1n) is 8.01. The zero-order chi connectivity index (χ0) is 16.6. The summed E-state index contributed by atoms with van der Waals surface area (Å²) in [6.07, 6.45) is 0. The standard InChI is InChI=1S/C21H20FNO.ClH/c22-21-12-5-4-10-19(21)16-24-20-11-6-9-18(13-20)15-23-14-17-7-2-1-3-8-17;/h1-13,23H,14-16H2;1H. The van der Waals surface area contributed by atoms with E-state index in [-0.39, 0.29) is 24.8 Å². The van der Waals surface area contributed by atoms with Crippen LogP contribution in [-0.2, 0) is 19.7 Å². The van der Waals surface area contributed by atoms with Gasteiger partial charge in [-0.3, -0.25) is 0 Å². The molecule has 25 heavy (non-hydrogen) atoms. The Bertz CT molecular complexity index is 780. The molecule has 3 rings (SSSR count). The lowest BCUT2D eigenvalue weighted by atomic mass is 10.2. The van der Waals surface area contributed by atoms with E-state index in [4.69, 9.17) is 4.74 Å². The van der Waals surface area contributed by atoms with Crippen LogP contribution in [0.3, 0.4) is 0 Å². The summed E-state index contributed by atoms with van der Waals surface area (Å²) in [6, 6.07) is 24.8. The first-order chi connectivity index (χ1) is 11.8. The summed E-state index contributed by atoms with van der Waals surface area (Å²) in [5.74, 6) is 0.510. The second-order valence-electron chi connectivity index (χ2n) is 5.62. The van der Waals surface area contributed by atoms with Gasteiger partial charge in [0.1, 0.15) is 18.2 Å². The molecule has 0 aliphatic carbocycles. The maximum Gasteiger partial charge on any atom is 0.129 e. The van der Waals surface area contributed by atoms with Gasteiger partial charge in [-0.2, -0.15) is 0 Å². The van der Waals surface area contributed by atoms with E-state index in [1.807, 2.05) is 48.5 Å². The van der Waals surface area contributed by atoms with Gasteiger partial charge in [-0.05, 0) is 29.3 Å². The molecule has 0 bridgehead atoms. The van der Waals surface area contributed by atoms with E-state index < -0.39 is 0 Å². The van der Waals surface area contributed by atoms with Crippen molar-refractivity contribution in [2.24, 2.45) is 0 Å². The van der Waals surface area contributed by atoms with Crippen LogP contribution >= 0.6 is 12.4 Å². The molecule has 0 aliphatic rings. The smallest absolute Gasteiger partial charge is 0.129 e. The number of rotatable bonds is 7. The second-order valence-corrected chi connectivity index (χ2v) is 5.62. The third-order valence-corrected chi connectivity index (χ3v) is 3.75. The van der Waals surface area contributed by atoms with Gasteiger partial charge in [0.05, 0.1) is 0 Å². The van der Waals surface area contributed by atoms with E-state index in [9.17, 15) is 4.39 Å². The number of halogens is 2. The number of ether oxygens (including phenoxy) is 1. The number of nitrogens with one attached hydrogen (secondary N) is 1. The van der Waals surface area contributed by atoms with E-state index in [1.165, 1.54) is 11.6 Å². The fraction of sp³-hybridized carbons (Fsp3) is 0.143. The van der Waals surface area contributed by atoms with Crippen LogP contribution in [0.15, 0.2) is 78.9 Å². The highest BCUT2D eigenvalue weighted by Crippen LogP contribution is 2.16. The second kappa shape index (κ2) is 9.82.